The molecule has 0 saturated heterocycles. The fourth-order valence-corrected chi connectivity index (χ4v) is 3.41. The average molecular weight is 272 g/mol. The van der Waals surface area contributed by atoms with Crippen molar-refractivity contribution in [1.82, 2.24) is 14.1 Å². The SMILES string of the molecule is Cc1ncc2n1CCc1c-2n(C)c2ccc(Cl)cc12. The lowest BCUT2D eigenvalue weighted by Crippen LogP contribution is -2.12. The summed E-state index contributed by atoms with van der Waals surface area (Å²) in [7, 11) is 2.12. The first kappa shape index (κ1) is 11.1. The lowest BCUT2D eigenvalue weighted by molar-refractivity contribution is 0.658. The monoisotopic (exact) mass is 271 g/mol. The molecule has 1 aliphatic rings. The van der Waals surface area contributed by atoms with Crippen molar-refractivity contribution >= 4 is 22.5 Å². The topological polar surface area (TPSA) is 22.8 Å². The van der Waals surface area contributed by atoms with Crippen molar-refractivity contribution in [2.45, 2.75) is 19.9 Å². The van der Waals surface area contributed by atoms with Crippen LogP contribution in [0.5, 0.6) is 0 Å². The van der Waals surface area contributed by atoms with Crippen molar-refractivity contribution in [3.63, 3.8) is 0 Å². The highest BCUT2D eigenvalue weighted by Crippen LogP contribution is 2.38. The summed E-state index contributed by atoms with van der Waals surface area (Å²) in [5, 5.41) is 2.08. The van der Waals surface area contributed by atoms with Gasteiger partial charge in [0.1, 0.15) is 5.82 Å². The molecule has 19 heavy (non-hydrogen) atoms. The van der Waals surface area contributed by atoms with Crippen LogP contribution in [-0.2, 0) is 20.0 Å². The van der Waals surface area contributed by atoms with Crippen LogP contribution in [0, 0.1) is 6.92 Å². The molecule has 0 aliphatic carbocycles. The molecule has 0 spiro atoms. The summed E-state index contributed by atoms with van der Waals surface area (Å²) in [6.45, 7) is 3.06. The number of aryl methyl sites for hydroxylation is 3. The highest BCUT2D eigenvalue weighted by Gasteiger charge is 2.24. The number of fused-ring (bicyclic) bond motifs is 5. The fourth-order valence-electron chi connectivity index (χ4n) is 3.24. The molecule has 3 heterocycles. The van der Waals surface area contributed by atoms with Crippen LogP contribution in [0.25, 0.3) is 22.3 Å². The maximum absolute atomic E-state index is 6.15. The molecular weight excluding hydrogens is 258 g/mol. The summed E-state index contributed by atoms with van der Waals surface area (Å²) in [5.74, 6) is 1.09. The van der Waals surface area contributed by atoms with Crippen LogP contribution in [0.3, 0.4) is 0 Å². The molecule has 0 atom stereocenters. The Hall–Kier alpha value is -1.74. The summed E-state index contributed by atoms with van der Waals surface area (Å²) in [4.78, 5) is 4.45. The van der Waals surface area contributed by atoms with Gasteiger partial charge in [-0.2, -0.15) is 0 Å². The van der Waals surface area contributed by atoms with Gasteiger partial charge in [-0.3, -0.25) is 0 Å². The number of benzene rings is 1. The Morgan fingerprint density at radius 2 is 2.16 bits per heavy atom. The lowest BCUT2D eigenvalue weighted by Gasteiger charge is -2.18. The van der Waals surface area contributed by atoms with E-state index < -0.39 is 0 Å². The predicted molar refractivity (Wildman–Crippen MR) is 77.6 cm³/mol. The zero-order chi connectivity index (χ0) is 13.1. The van der Waals surface area contributed by atoms with Crippen LogP contribution in [0.15, 0.2) is 24.4 Å². The van der Waals surface area contributed by atoms with E-state index in [1.165, 1.54) is 27.9 Å². The lowest BCUT2D eigenvalue weighted by atomic mass is 10.0. The van der Waals surface area contributed by atoms with Gasteiger partial charge in [0, 0.05) is 29.5 Å². The van der Waals surface area contributed by atoms with Gasteiger partial charge in [0.25, 0.3) is 0 Å². The Labute approximate surface area is 116 Å². The summed E-state index contributed by atoms with van der Waals surface area (Å²) in [6, 6.07) is 6.13. The zero-order valence-electron chi connectivity index (χ0n) is 10.9. The fraction of sp³-hybridized carbons (Fsp3) is 0.267. The van der Waals surface area contributed by atoms with Crippen molar-refractivity contribution in [2.75, 3.05) is 0 Å². The number of hydrogen-bond donors (Lipinski definition) is 0. The molecular formula is C15H14ClN3. The standard InChI is InChI=1S/C15H14ClN3/c1-9-17-8-14-15-11(5-6-19(9)14)12-7-10(16)3-4-13(12)18(15)2/h3-4,7-8H,5-6H2,1-2H3. The molecule has 0 saturated carbocycles. The molecule has 0 bridgehead atoms. The van der Waals surface area contributed by atoms with E-state index in [-0.39, 0.29) is 0 Å². The van der Waals surface area contributed by atoms with Gasteiger partial charge in [0.2, 0.25) is 0 Å². The Morgan fingerprint density at radius 1 is 1.32 bits per heavy atom. The van der Waals surface area contributed by atoms with Crippen molar-refractivity contribution in [3.8, 4) is 11.4 Å². The van der Waals surface area contributed by atoms with E-state index in [4.69, 9.17) is 11.6 Å². The van der Waals surface area contributed by atoms with Crippen LogP contribution in [-0.4, -0.2) is 14.1 Å². The van der Waals surface area contributed by atoms with Crippen LogP contribution in [0.1, 0.15) is 11.4 Å². The van der Waals surface area contributed by atoms with Crippen molar-refractivity contribution < 1.29 is 0 Å². The van der Waals surface area contributed by atoms with E-state index in [0.717, 1.165) is 23.8 Å². The maximum Gasteiger partial charge on any atom is 0.106 e. The van der Waals surface area contributed by atoms with Gasteiger partial charge in [-0.05, 0) is 37.1 Å². The number of aromatic nitrogens is 3. The third-order valence-corrected chi connectivity index (χ3v) is 4.38. The number of hydrogen-bond acceptors (Lipinski definition) is 1. The molecule has 3 aromatic rings. The maximum atomic E-state index is 6.15. The minimum absolute atomic E-state index is 0.802. The molecule has 1 aliphatic heterocycles. The number of imidazole rings is 1. The van der Waals surface area contributed by atoms with Gasteiger partial charge >= 0.3 is 0 Å². The first-order valence-electron chi connectivity index (χ1n) is 6.46. The summed E-state index contributed by atoms with van der Waals surface area (Å²) in [5.41, 5.74) is 5.13. The molecule has 0 radical (unpaired) electrons. The highest BCUT2D eigenvalue weighted by atomic mass is 35.5. The van der Waals surface area contributed by atoms with E-state index in [2.05, 4.69) is 40.2 Å². The van der Waals surface area contributed by atoms with E-state index in [0.29, 0.717) is 0 Å². The van der Waals surface area contributed by atoms with Gasteiger partial charge in [-0.1, -0.05) is 11.6 Å². The van der Waals surface area contributed by atoms with Crippen LogP contribution in [0.2, 0.25) is 5.02 Å². The molecule has 96 valence electrons. The number of halogens is 1. The second-order valence-electron chi connectivity index (χ2n) is 5.14. The number of nitrogens with zero attached hydrogens (tertiary/aromatic N) is 3. The Bertz CT molecular complexity index is 811. The van der Waals surface area contributed by atoms with Crippen molar-refractivity contribution in [2.24, 2.45) is 7.05 Å². The summed E-state index contributed by atoms with van der Waals surface area (Å²) >= 11 is 6.15. The third-order valence-electron chi connectivity index (χ3n) is 4.15. The highest BCUT2D eigenvalue weighted by molar-refractivity contribution is 6.31. The Balaban J connectivity index is 2.14. The zero-order valence-corrected chi connectivity index (χ0v) is 11.7. The molecule has 2 aromatic heterocycles. The molecule has 3 nitrogen and oxygen atoms in total. The molecule has 1 aromatic carbocycles. The second-order valence-corrected chi connectivity index (χ2v) is 5.58. The molecule has 0 N–H and O–H groups in total. The van der Waals surface area contributed by atoms with E-state index in [1.54, 1.807) is 0 Å². The summed E-state index contributed by atoms with van der Waals surface area (Å²) < 4.78 is 4.55. The predicted octanol–water partition coefficient (Wildman–Crippen LogP) is 3.56. The second kappa shape index (κ2) is 3.64. The van der Waals surface area contributed by atoms with Crippen LogP contribution >= 0.6 is 11.6 Å². The van der Waals surface area contributed by atoms with Crippen molar-refractivity contribution in [3.05, 3.63) is 40.8 Å². The summed E-state index contributed by atoms with van der Waals surface area (Å²) in [6.07, 6.45) is 3.02. The van der Waals surface area contributed by atoms with E-state index in [1.807, 2.05) is 12.3 Å². The van der Waals surface area contributed by atoms with Crippen LogP contribution in [0.4, 0.5) is 0 Å². The van der Waals surface area contributed by atoms with Crippen LogP contribution < -0.4 is 0 Å². The molecule has 0 unspecified atom stereocenters. The average Bonchev–Trinajstić information content (AvgIpc) is 2.90. The van der Waals surface area contributed by atoms with Gasteiger partial charge < -0.3 is 9.13 Å². The molecule has 0 fully saturated rings. The first-order chi connectivity index (χ1) is 9.16. The van der Waals surface area contributed by atoms with E-state index >= 15 is 0 Å². The smallest absolute Gasteiger partial charge is 0.106 e. The van der Waals surface area contributed by atoms with Gasteiger partial charge in [0.05, 0.1) is 17.6 Å². The van der Waals surface area contributed by atoms with Gasteiger partial charge in [-0.25, -0.2) is 4.98 Å². The minimum Gasteiger partial charge on any atom is -0.342 e. The number of rotatable bonds is 0. The Kier molecular flexibility index (Phi) is 2.13. The molecule has 4 rings (SSSR count). The third kappa shape index (κ3) is 1.36. The van der Waals surface area contributed by atoms with Gasteiger partial charge in [-0.15, -0.1) is 0 Å². The minimum atomic E-state index is 0.802. The van der Waals surface area contributed by atoms with E-state index in [9.17, 15) is 0 Å². The first-order valence-corrected chi connectivity index (χ1v) is 6.84. The normalized spacial score (nSPS) is 13.6. The Morgan fingerprint density at radius 3 is 3.00 bits per heavy atom. The molecule has 0 amide bonds. The van der Waals surface area contributed by atoms with Gasteiger partial charge in [0.15, 0.2) is 0 Å². The quantitative estimate of drug-likeness (QED) is 0.613. The molecule has 4 heteroatoms. The van der Waals surface area contributed by atoms with Crippen molar-refractivity contribution in [1.29, 1.82) is 0 Å². The largest absolute Gasteiger partial charge is 0.342 e.